The Morgan fingerprint density at radius 2 is 2.16 bits per heavy atom. The van der Waals surface area contributed by atoms with Crippen molar-refractivity contribution in [2.24, 2.45) is 0 Å². The minimum atomic E-state index is -1.24. The van der Waals surface area contributed by atoms with E-state index < -0.39 is 28.4 Å². The van der Waals surface area contributed by atoms with Crippen LogP contribution in [0.5, 0.6) is 0 Å². The quantitative estimate of drug-likeness (QED) is 0.577. The third kappa shape index (κ3) is 3.06. The predicted molar refractivity (Wildman–Crippen MR) is 63.4 cm³/mol. The molecule has 0 unspecified atom stereocenters. The van der Waals surface area contributed by atoms with Crippen LogP contribution < -0.4 is 5.32 Å². The standard InChI is InChI=1S/C10H14N4O5/c1-6(8(15)16)12-9(17)10(2,3)13-5-7(4-11-13)14(18)19/h4-6H,1-3H3,(H,12,17)(H,15,16)/t6-/m1/s1. The number of nitro groups is 1. The van der Waals surface area contributed by atoms with Gasteiger partial charge in [-0.2, -0.15) is 5.10 Å². The molecule has 104 valence electrons. The highest BCUT2D eigenvalue weighted by Gasteiger charge is 2.33. The zero-order valence-electron chi connectivity index (χ0n) is 10.7. The fraction of sp³-hybridized carbons (Fsp3) is 0.500. The monoisotopic (exact) mass is 270 g/mol. The van der Waals surface area contributed by atoms with Gasteiger partial charge in [0, 0.05) is 0 Å². The molecular formula is C10H14N4O5. The summed E-state index contributed by atoms with van der Waals surface area (Å²) in [6.07, 6.45) is 2.14. The van der Waals surface area contributed by atoms with Gasteiger partial charge in [0.2, 0.25) is 5.91 Å². The Bertz CT molecular complexity index is 522. The van der Waals surface area contributed by atoms with Crippen molar-refractivity contribution in [2.45, 2.75) is 32.4 Å². The topological polar surface area (TPSA) is 127 Å². The number of hydrogen-bond donors (Lipinski definition) is 2. The first-order valence-corrected chi connectivity index (χ1v) is 5.39. The number of aromatic nitrogens is 2. The highest BCUT2D eigenvalue weighted by atomic mass is 16.6. The fourth-order valence-corrected chi connectivity index (χ4v) is 1.25. The lowest BCUT2D eigenvalue weighted by Gasteiger charge is -2.25. The van der Waals surface area contributed by atoms with Crippen LogP contribution in [0.2, 0.25) is 0 Å². The van der Waals surface area contributed by atoms with Crippen molar-refractivity contribution in [3.05, 3.63) is 22.5 Å². The predicted octanol–water partition coefficient (Wildman–Crippen LogP) is 0.116. The summed E-state index contributed by atoms with van der Waals surface area (Å²) in [5.41, 5.74) is -1.48. The molecule has 0 spiro atoms. The van der Waals surface area contributed by atoms with Gasteiger partial charge in [-0.15, -0.1) is 0 Å². The van der Waals surface area contributed by atoms with Crippen LogP contribution in [0.4, 0.5) is 5.69 Å². The molecule has 1 rings (SSSR count). The Hall–Kier alpha value is -2.45. The summed E-state index contributed by atoms with van der Waals surface area (Å²) in [7, 11) is 0. The van der Waals surface area contributed by atoms with Crippen molar-refractivity contribution in [3.8, 4) is 0 Å². The van der Waals surface area contributed by atoms with E-state index >= 15 is 0 Å². The number of rotatable bonds is 5. The van der Waals surface area contributed by atoms with Gasteiger partial charge in [0.05, 0.1) is 4.92 Å². The first kappa shape index (κ1) is 14.6. The molecule has 0 bridgehead atoms. The summed E-state index contributed by atoms with van der Waals surface area (Å²) in [5, 5.41) is 25.3. The number of carboxylic acid groups (broad SMARTS) is 1. The molecule has 9 heteroatoms. The Morgan fingerprint density at radius 1 is 1.58 bits per heavy atom. The fourth-order valence-electron chi connectivity index (χ4n) is 1.25. The van der Waals surface area contributed by atoms with Crippen LogP contribution in [0.1, 0.15) is 20.8 Å². The van der Waals surface area contributed by atoms with E-state index in [2.05, 4.69) is 10.4 Å². The van der Waals surface area contributed by atoms with Crippen LogP contribution in [0.15, 0.2) is 12.4 Å². The molecule has 1 heterocycles. The van der Waals surface area contributed by atoms with E-state index in [9.17, 15) is 19.7 Å². The van der Waals surface area contributed by atoms with E-state index in [0.29, 0.717) is 0 Å². The van der Waals surface area contributed by atoms with Crippen molar-refractivity contribution < 1.29 is 19.6 Å². The Balaban J connectivity index is 2.92. The van der Waals surface area contributed by atoms with Gasteiger partial charge in [0.25, 0.3) is 0 Å². The lowest BCUT2D eigenvalue weighted by molar-refractivity contribution is -0.385. The van der Waals surface area contributed by atoms with Gasteiger partial charge < -0.3 is 10.4 Å². The highest BCUT2D eigenvalue weighted by Crippen LogP contribution is 2.18. The normalized spacial score (nSPS) is 12.8. The molecule has 0 fully saturated rings. The molecule has 0 aromatic carbocycles. The van der Waals surface area contributed by atoms with Crippen molar-refractivity contribution in [2.75, 3.05) is 0 Å². The average molecular weight is 270 g/mol. The first-order chi connectivity index (χ1) is 8.66. The largest absolute Gasteiger partial charge is 0.480 e. The Labute approximate surface area is 108 Å². The second kappa shape index (κ2) is 5.04. The minimum absolute atomic E-state index is 0.243. The number of hydrogen-bond acceptors (Lipinski definition) is 5. The summed E-state index contributed by atoms with van der Waals surface area (Å²) < 4.78 is 1.12. The van der Waals surface area contributed by atoms with E-state index in [4.69, 9.17) is 5.11 Å². The molecule has 1 aromatic rings. The van der Waals surface area contributed by atoms with E-state index in [1.807, 2.05) is 0 Å². The summed E-state index contributed by atoms with van der Waals surface area (Å²) in [4.78, 5) is 32.5. The molecule has 1 amide bonds. The molecular weight excluding hydrogens is 256 g/mol. The number of carbonyl (C=O) groups excluding carboxylic acids is 1. The van der Waals surface area contributed by atoms with Crippen LogP contribution in [0, 0.1) is 10.1 Å². The molecule has 0 radical (unpaired) electrons. The third-order valence-corrected chi connectivity index (χ3v) is 2.63. The van der Waals surface area contributed by atoms with Gasteiger partial charge in [-0.3, -0.25) is 24.4 Å². The van der Waals surface area contributed by atoms with Crippen LogP contribution in [-0.4, -0.2) is 37.7 Å². The molecule has 0 aliphatic heterocycles. The average Bonchev–Trinajstić information content (AvgIpc) is 2.78. The SMILES string of the molecule is C[C@@H](NC(=O)C(C)(C)n1cc([N+](=O)[O-])cn1)C(=O)O. The van der Waals surface area contributed by atoms with Gasteiger partial charge >= 0.3 is 11.7 Å². The minimum Gasteiger partial charge on any atom is -0.480 e. The Kier molecular flexibility index (Phi) is 3.88. The van der Waals surface area contributed by atoms with Crippen molar-refractivity contribution in [3.63, 3.8) is 0 Å². The number of carboxylic acids is 1. The zero-order valence-corrected chi connectivity index (χ0v) is 10.7. The summed E-state index contributed by atoms with van der Waals surface area (Å²) in [6.45, 7) is 4.28. The van der Waals surface area contributed by atoms with E-state index in [0.717, 1.165) is 17.1 Å². The van der Waals surface area contributed by atoms with Crippen molar-refractivity contribution in [1.82, 2.24) is 15.1 Å². The second-order valence-corrected chi connectivity index (χ2v) is 4.49. The van der Waals surface area contributed by atoms with Crippen LogP contribution in [-0.2, 0) is 15.1 Å². The summed E-state index contributed by atoms with van der Waals surface area (Å²) in [6, 6.07) is -1.06. The number of nitrogens with one attached hydrogen (secondary N) is 1. The van der Waals surface area contributed by atoms with Gasteiger partial charge in [-0.1, -0.05) is 0 Å². The van der Waals surface area contributed by atoms with Gasteiger partial charge in [0.15, 0.2) is 0 Å². The van der Waals surface area contributed by atoms with E-state index in [1.165, 1.54) is 20.8 Å². The molecule has 0 saturated carbocycles. The van der Waals surface area contributed by atoms with Gasteiger partial charge in [-0.05, 0) is 20.8 Å². The molecule has 1 aromatic heterocycles. The maximum Gasteiger partial charge on any atom is 0.325 e. The van der Waals surface area contributed by atoms with E-state index in [1.54, 1.807) is 0 Å². The number of carbonyl (C=O) groups is 2. The van der Waals surface area contributed by atoms with Crippen molar-refractivity contribution in [1.29, 1.82) is 0 Å². The molecule has 1 atom stereocenters. The summed E-state index contributed by atoms with van der Waals surface area (Å²) in [5.74, 6) is -1.77. The zero-order chi connectivity index (χ0) is 14.8. The van der Waals surface area contributed by atoms with Crippen LogP contribution in [0.25, 0.3) is 0 Å². The number of nitrogens with zero attached hydrogens (tertiary/aromatic N) is 3. The molecule has 0 aliphatic carbocycles. The number of aliphatic carboxylic acids is 1. The second-order valence-electron chi connectivity index (χ2n) is 4.49. The van der Waals surface area contributed by atoms with Crippen LogP contribution in [0.3, 0.4) is 0 Å². The van der Waals surface area contributed by atoms with Gasteiger partial charge in [-0.25, -0.2) is 0 Å². The smallest absolute Gasteiger partial charge is 0.325 e. The molecule has 19 heavy (non-hydrogen) atoms. The third-order valence-electron chi connectivity index (χ3n) is 2.63. The molecule has 2 N–H and O–H groups in total. The summed E-state index contributed by atoms with van der Waals surface area (Å²) >= 11 is 0. The van der Waals surface area contributed by atoms with Crippen LogP contribution >= 0.6 is 0 Å². The van der Waals surface area contributed by atoms with E-state index in [-0.39, 0.29) is 5.69 Å². The molecule has 9 nitrogen and oxygen atoms in total. The molecule has 0 saturated heterocycles. The van der Waals surface area contributed by atoms with Crippen molar-refractivity contribution >= 4 is 17.6 Å². The van der Waals surface area contributed by atoms with Gasteiger partial charge in [0.1, 0.15) is 24.0 Å². The Morgan fingerprint density at radius 3 is 2.58 bits per heavy atom. The maximum absolute atomic E-state index is 12.0. The lowest BCUT2D eigenvalue weighted by atomic mass is 10.0. The maximum atomic E-state index is 12.0. The highest BCUT2D eigenvalue weighted by molar-refractivity contribution is 5.87. The number of amides is 1. The lowest BCUT2D eigenvalue weighted by Crippen LogP contribution is -2.49. The first-order valence-electron chi connectivity index (χ1n) is 5.39. The molecule has 0 aliphatic rings.